The van der Waals surface area contributed by atoms with Gasteiger partial charge in [0.25, 0.3) is 0 Å². The molecule has 8 heteroatoms. The lowest BCUT2D eigenvalue weighted by Gasteiger charge is -2.41. The molecule has 0 bridgehead atoms. The lowest BCUT2D eigenvalue weighted by atomic mass is 9.93. The molecule has 0 aliphatic carbocycles. The molecule has 2 unspecified atom stereocenters. The van der Waals surface area contributed by atoms with Crippen LogP contribution in [0.5, 0.6) is 5.75 Å². The molecule has 1 aromatic carbocycles. The Bertz CT molecular complexity index is 791. The Morgan fingerprint density at radius 1 is 1.22 bits per heavy atom. The molecule has 2 N–H and O–H groups in total. The number of aromatic hydroxyl groups is 1. The van der Waals surface area contributed by atoms with Crippen molar-refractivity contribution in [3.63, 3.8) is 0 Å². The molecular formula is C19H20F3N3O2. The van der Waals surface area contributed by atoms with Crippen LogP contribution in [0.4, 0.5) is 18.9 Å². The number of rotatable bonds is 3. The van der Waals surface area contributed by atoms with E-state index >= 15 is 0 Å². The molecule has 3 rings (SSSR count). The van der Waals surface area contributed by atoms with Gasteiger partial charge in [-0.2, -0.15) is 13.2 Å². The molecule has 2 aromatic rings. The number of amides is 1. The molecule has 144 valence electrons. The second-order valence-corrected chi connectivity index (χ2v) is 6.62. The number of aromatic nitrogens is 1. The van der Waals surface area contributed by atoms with Gasteiger partial charge in [0.1, 0.15) is 5.75 Å². The van der Waals surface area contributed by atoms with Gasteiger partial charge in [-0.05, 0) is 49.2 Å². The van der Waals surface area contributed by atoms with E-state index in [2.05, 4.69) is 10.3 Å². The van der Waals surface area contributed by atoms with Gasteiger partial charge in [-0.25, -0.2) is 0 Å². The SMILES string of the molecule is CC(=O)NC1CCN(c2ccc(C(F)(F)F)cc2)C(c2ccc(O)cn2)C1. The molecule has 1 aliphatic rings. The Kier molecular flexibility index (Phi) is 5.25. The van der Waals surface area contributed by atoms with Crippen molar-refractivity contribution in [1.29, 1.82) is 0 Å². The number of halogens is 3. The lowest BCUT2D eigenvalue weighted by Crippen LogP contribution is -2.46. The van der Waals surface area contributed by atoms with Crippen LogP contribution in [0.3, 0.4) is 0 Å². The second-order valence-electron chi connectivity index (χ2n) is 6.62. The number of hydrogen-bond donors (Lipinski definition) is 2. The van der Waals surface area contributed by atoms with Crippen molar-refractivity contribution in [3.05, 3.63) is 53.9 Å². The summed E-state index contributed by atoms with van der Waals surface area (Å²) in [5.74, 6) is -0.0885. The fourth-order valence-electron chi connectivity index (χ4n) is 3.41. The van der Waals surface area contributed by atoms with E-state index in [0.29, 0.717) is 30.8 Å². The summed E-state index contributed by atoms with van der Waals surface area (Å²) in [7, 11) is 0. The van der Waals surface area contributed by atoms with Crippen LogP contribution in [0.1, 0.15) is 37.1 Å². The molecular weight excluding hydrogens is 359 g/mol. The second kappa shape index (κ2) is 7.46. The van der Waals surface area contributed by atoms with E-state index in [4.69, 9.17) is 0 Å². The standard InChI is InChI=1S/C19H20F3N3O2/c1-12(26)24-14-8-9-25(15-4-2-13(3-5-15)19(20,21)22)18(10-14)17-7-6-16(27)11-23-17/h2-7,11,14,18,27H,8-10H2,1H3,(H,24,26). The van der Waals surface area contributed by atoms with Gasteiger partial charge in [-0.1, -0.05) is 0 Å². The van der Waals surface area contributed by atoms with E-state index in [-0.39, 0.29) is 23.7 Å². The molecule has 1 saturated heterocycles. The first kappa shape index (κ1) is 19.0. The van der Waals surface area contributed by atoms with Gasteiger partial charge in [0.05, 0.1) is 23.5 Å². The van der Waals surface area contributed by atoms with Crippen LogP contribution >= 0.6 is 0 Å². The fraction of sp³-hybridized carbons (Fsp3) is 0.368. The number of benzene rings is 1. The van der Waals surface area contributed by atoms with Gasteiger partial charge >= 0.3 is 6.18 Å². The van der Waals surface area contributed by atoms with Crippen molar-refractivity contribution < 1.29 is 23.1 Å². The van der Waals surface area contributed by atoms with Crippen LogP contribution < -0.4 is 10.2 Å². The predicted molar refractivity (Wildman–Crippen MR) is 94.3 cm³/mol. The average molecular weight is 379 g/mol. The zero-order valence-electron chi connectivity index (χ0n) is 14.7. The number of anilines is 1. The topological polar surface area (TPSA) is 65.5 Å². The first-order valence-corrected chi connectivity index (χ1v) is 8.60. The zero-order chi connectivity index (χ0) is 19.6. The summed E-state index contributed by atoms with van der Waals surface area (Å²) in [6.45, 7) is 2.01. The average Bonchev–Trinajstić information content (AvgIpc) is 2.61. The maximum atomic E-state index is 12.8. The number of carbonyl (C=O) groups excluding carboxylic acids is 1. The third kappa shape index (κ3) is 4.50. The van der Waals surface area contributed by atoms with Crippen molar-refractivity contribution in [2.24, 2.45) is 0 Å². The maximum absolute atomic E-state index is 12.8. The summed E-state index contributed by atoms with van der Waals surface area (Å²) >= 11 is 0. The minimum Gasteiger partial charge on any atom is -0.506 e. The van der Waals surface area contributed by atoms with Crippen molar-refractivity contribution >= 4 is 11.6 Å². The quantitative estimate of drug-likeness (QED) is 0.854. The Hall–Kier alpha value is -2.77. The highest BCUT2D eigenvalue weighted by molar-refractivity contribution is 5.73. The number of carbonyl (C=O) groups is 1. The van der Waals surface area contributed by atoms with Crippen molar-refractivity contribution in [2.75, 3.05) is 11.4 Å². The molecule has 0 saturated carbocycles. The van der Waals surface area contributed by atoms with Crippen LogP contribution in [-0.4, -0.2) is 28.6 Å². The molecule has 0 spiro atoms. The smallest absolute Gasteiger partial charge is 0.416 e. The summed E-state index contributed by atoms with van der Waals surface area (Å²) in [4.78, 5) is 17.7. The van der Waals surface area contributed by atoms with Crippen molar-refractivity contribution in [3.8, 4) is 5.75 Å². The number of piperidine rings is 1. The fourth-order valence-corrected chi connectivity index (χ4v) is 3.41. The first-order valence-electron chi connectivity index (χ1n) is 8.60. The van der Waals surface area contributed by atoms with Gasteiger partial charge in [-0.3, -0.25) is 9.78 Å². The van der Waals surface area contributed by atoms with Crippen molar-refractivity contribution in [2.45, 2.75) is 38.0 Å². The molecule has 2 atom stereocenters. The van der Waals surface area contributed by atoms with E-state index in [0.717, 1.165) is 12.1 Å². The molecule has 1 aliphatic heterocycles. The highest BCUT2D eigenvalue weighted by Crippen LogP contribution is 2.36. The Balaban J connectivity index is 1.89. The summed E-state index contributed by atoms with van der Waals surface area (Å²) in [6, 6.07) is 7.97. The molecule has 0 radical (unpaired) electrons. The van der Waals surface area contributed by atoms with Gasteiger partial charge in [0.2, 0.25) is 5.91 Å². The summed E-state index contributed by atoms with van der Waals surface area (Å²) in [6.07, 6.45) is -1.80. The van der Waals surface area contributed by atoms with E-state index < -0.39 is 11.7 Å². The van der Waals surface area contributed by atoms with E-state index in [1.807, 2.05) is 4.90 Å². The number of nitrogens with one attached hydrogen (secondary N) is 1. The highest BCUT2D eigenvalue weighted by Gasteiger charge is 2.33. The number of pyridine rings is 1. The minimum atomic E-state index is -4.38. The lowest BCUT2D eigenvalue weighted by molar-refractivity contribution is -0.137. The number of hydrogen-bond acceptors (Lipinski definition) is 4. The van der Waals surface area contributed by atoms with E-state index in [1.54, 1.807) is 6.07 Å². The minimum absolute atomic E-state index is 0.0362. The van der Waals surface area contributed by atoms with Crippen LogP contribution in [0.25, 0.3) is 0 Å². The van der Waals surface area contributed by atoms with Gasteiger partial charge < -0.3 is 15.3 Å². The van der Waals surface area contributed by atoms with E-state index in [1.165, 1.54) is 31.3 Å². The van der Waals surface area contributed by atoms with Crippen LogP contribution in [0.2, 0.25) is 0 Å². The Labute approximate surface area is 154 Å². The molecule has 1 aromatic heterocycles. The summed E-state index contributed by atoms with van der Waals surface area (Å²) < 4.78 is 38.5. The maximum Gasteiger partial charge on any atom is 0.416 e. The first-order chi connectivity index (χ1) is 12.7. The predicted octanol–water partition coefficient (Wildman–Crippen LogP) is 3.65. The van der Waals surface area contributed by atoms with Gasteiger partial charge in [0, 0.05) is 25.2 Å². The largest absolute Gasteiger partial charge is 0.506 e. The zero-order valence-corrected chi connectivity index (χ0v) is 14.7. The third-order valence-corrected chi connectivity index (χ3v) is 4.65. The Morgan fingerprint density at radius 2 is 1.93 bits per heavy atom. The monoisotopic (exact) mass is 379 g/mol. The molecule has 1 fully saturated rings. The molecule has 1 amide bonds. The van der Waals surface area contributed by atoms with Crippen molar-refractivity contribution in [1.82, 2.24) is 10.3 Å². The normalized spacial score (nSPS) is 20.4. The van der Waals surface area contributed by atoms with Crippen LogP contribution in [-0.2, 0) is 11.0 Å². The summed E-state index contributed by atoms with van der Waals surface area (Å²) in [5.41, 5.74) is 0.644. The molecule has 27 heavy (non-hydrogen) atoms. The summed E-state index contributed by atoms with van der Waals surface area (Å²) in [5, 5.41) is 12.4. The van der Waals surface area contributed by atoms with Crippen LogP contribution in [0.15, 0.2) is 42.6 Å². The third-order valence-electron chi connectivity index (χ3n) is 4.65. The van der Waals surface area contributed by atoms with Gasteiger partial charge in [-0.15, -0.1) is 0 Å². The number of alkyl halides is 3. The van der Waals surface area contributed by atoms with E-state index in [9.17, 15) is 23.1 Å². The van der Waals surface area contributed by atoms with Gasteiger partial charge in [0.15, 0.2) is 0 Å². The Morgan fingerprint density at radius 3 is 2.48 bits per heavy atom. The molecule has 5 nitrogen and oxygen atoms in total. The molecule has 2 heterocycles. The highest BCUT2D eigenvalue weighted by atomic mass is 19.4. The number of nitrogens with zero attached hydrogens (tertiary/aromatic N) is 2. The van der Waals surface area contributed by atoms with Crippen LogP contribution in [0, 0.1) is 0 Å².